The Hall–Kier alpha value is -0.900. The normalized spacial score (nSPS) is 18.2. The van der Waals surface area contributed by atoms with Gasteiger partial charge in [0.2, 0.25) is 0 Å². The van der Waals surface area contributed by atoms with Crippen molar-refractivity contribution in [3.63, 3.8) is 0 Å². The fraction of sp³-hybridized carbons (Fsp3) is 0.636. The number of hydrogen-bond donors (Lipinski definition) is 1. The Kier molecular flexibility index (Phi) is 3.73. The van der Waals surface area contributed by atoms with Gasteiger partial charge in [-0.25, -0.2) is 0 Å². The van der Waals surface area contributed by atoms with E-state index in [2.05, 4.69) is 17.8 Å². The van der Waals surface area contributed by atoms with Crippen LogP contribution in [0.1, 0.15) is 38.5 Å². The van der Waals surface area contributed by atoms with Gasteiger partial charge in [-0.15, -0.1) is 12.3 Å². The molecule has 0 unspecified atom stereocenters. The molecule has 0 atom stereocenters. The summed E-state index contributed by atoms with van der Waals surface area (Å²) in [6.45, 7) is 3.88. The largest absolute Gasteiger partial charge is 0.385 e. The van der Waals surface area contributed by atoms with E-state index in [-0.39, 0.29) is 0 Å². The Morgan fingerprint density at radius 3 is 2.67 bits per heavy atom. The van der Waals surface area contributed by atoms with E-state index in [1.54, 1.807) is 0 Å². The molecule has 0 heterocycles. The zero-order valence-electron chi connectivity index (χ0n) is 7.60. The maximum absolute atomic E-state index is 5.18. The summed E-state index contributed by atoms with van der Waals surface area (Å²) in [4.78, 5) is 0. The first-order valence-corrected chi connectivity index (χ1v) is 4.70. The Labute approximate surface area is 75.2 Å². The molecule has 0 aromatic heterocycles. The van der Waals surface area contributed by atoms with Gasteiger partial charge in [-0.1, -0.05) is 25.8 Å². The second kappa shape index (κ2) is 4.87. The first-order chi connectivity index (χ1) is 5.83. The zero-order valence-corrected chi connectivity index (χ0v) is 7.60. The smallest absolute Gasteiger partial charge is 0.0479 e. The zero-order chi connectivity index (χ0) is 8.81. The molecule has 1 aliphatic rings. The van der Waals surface area contributed by atoms with Crippen LogP contribution in [-0.4, -0.2) is 6.04 Å². The summed E-state index contributed by atoms with van der Waals surface area (Å²) >= 11 is 0. The molecule has 1 heteroatoms. The van der Waals surface area contributed by atoms with Gasteiger partial charge in [-0.3, -0.25) is 0 Å². The first kappa shape index (κ1) is 9.19. The van der Waals surface area contributed by atoms with Crippen molar-refractivity contribution in [1.29, 1.82) is 0 Å². The van der Waals surface area contributed by atoms with Crippen LogP contribution in [0.15, 0.2) is 12.3 Å². The summed E-state index contributed by atoms with van der Waals surface area (Å²) in [5.74, 6) is 2.60. The predicted octanol–water partition coefficient (Wildman–Crippen LogP) is 2.45. The van der Waals surface area contributed by atoms with E-state index in [4.69, 9.17) is 6.42 Å². The lowest BCUT2D eigenvalue weighted by molar-refractivity contribution is 0.395. The lowest BCUT2D eigenvalue weighted by Crippen LogP contribution is -2.29. The van der Waals surface area contributed by atoms with Gasteiger partial charge in [-0.05, 0) is 12.8 Å². The topological polar surface area (TPSA) is 12.0 Å². The summed E-state index contributed by atoms with van der Waals surface area (Å²) in [5.41, 5.74) is 1.00. The van der Waals surface area contributed by atoms with E-state index in [0.717, 1.165) is 5.70 Å². The molecule has 1 rings (SSSR count). The van der Waals surface area contributed by atoms with Crippen LogP contribution < -0.4 is 5.32 Å². The summed E-state index contributed by atoms with van der Waals surface area (Å²) in [7, 11) is 0. The summed E-state index contributed by atoms with van der Waals surface area (Å²) < 4.78 is 0. The standard InChI is InChI=1S/C11H17N/c1-3-7-10(2)12-11-8-5-4-6-9-11/h1,11-12H,2,4-9H2. The highest BCUT2D eigenvalue weighted by Crippen LogP contribution is 2.18. The molecule has 0 spiro atoms. The van der Waals surface area contributed by atoms with Gasteiger partial charge in [0, 0.05) is 18.2 Å². The van der Waals surface area contributed by atoms with Crippen molar-refractivity contribution in [3.05, 3.63) is 12.3 Å². The molecular weight excluding hydrogens is 146 g/mol. The van der Waals surface area contributed by atoms with Crippen molar-refractivity contribution in [2.45, 2.75) is 44.6 Å². The summed E-state index contributed by atoms with van der Waals surface area (Å²) in [5, 5.41) is 3.38. The fourth-order valence-corrected chi connectivity index (χ4v) is 1.71. The van der Waals surface area contributed by atoms with Crippen molar-refractivity contribution in [1.82, 2.24) is 5.32 Å². The van der Waals surface area contributed by atoms with Crippen LogP contribution >= 0.6 is 0 Å². The van der Waals surface area contributed by atoms with Crippen LogP contribution in [0, 0.1) is 12.3 Å². The van der Waals surface area contributed by atoms with Gasteiger partial charge in [0.15, 0.2) is 0 Å². The van der Waals surface area contributed by atoms with Crippen LogP contribution in [0.2, 0.25) is 0 Å². The monoisotopic (exact) mass is 163 g/mol. The van der Waals surface area contributed by atoms with E-state index < -0.39 is 0 Å². The van der Waals surface area contributed by atoms with Crippen LogP contribution in [0.5, 0.6) is 0 Å². The molecule has 0 aromatic rings. The molecule has 0 amide bonds. The van der Waals surface area contributed by atoms with E-state index in [1.165, 1.54) is 32.1 Å². The molecule has 1 saturated carbocycles. The SMILES string of the molecule is C#CCC(=C)NC1CCCCC1. The lowest BCUT2D eigenvalue weighted by atomic mass is 9.95. The highest BCUT2D eigenvalue weighted by atomic mass is 14.9. The maximum atomic E-state index is 5.18. The van der Waals surface area contributed by atoms with Crippen LogP contribution in [0.25, 0.3) is 0 Å². The maximum Gasteiger partial charge on any atom is 0.0479 e. The molecule has 12 heavy (non-hydrogen) atoms. The second-order valence-corrected chi connectivity index (χ2v) is 3.46. The number of hydrogen-bond acceptors (Lipinski definition) is 1. The van der Waals surface area contributed by atoms with Gasteiger partial charge < -0.3 is 5.32 Å². The molecule has 0 aromatic carbocycles. The minimum atomic E-state index is 0.639. The number of nitrogens with one attached hydrogen (secondary N) is 1. The predicted molar refractivity (Wildman–Crippen MR) is 52.6 cm³/mol. The van der Waals surface area contributed by atoms with Crippen molar-refractivity contribution >= 4 is 0 Å². The van der Waals surface area contributed by atoms with Crippen LogP contribution in [-0.2, 0) is 0 Å². The molecule has 1 aliphatic carbocycles. The number of terminal acetylenes is 1. The number of allylic oxidation sites excluding steroid dienone is 1. The third-order valence-electron chi connectivity index (χ3n) is 2.33. The van der Waals surface area contributed by atoms with Crippen molar-refractivity contribution in [2.24, 2.45) is 0 Å². The third kappa shape index (κ3) is 3.00. The molecular formula is C11H17N. The Morgan fingerprint density at radius 1 is 1.42 bits per heavy atom. The molecule has 0 radical (unpaired) electrons. The van der Waals surface area contributed by atoms with Gasteiger partial charge in [0.05, 0.1) is 0 Å². The van der Waals surface area contributed by atoms with Crippen LogP contribution in [0.3, 0.4) is 0 Å². The van der Waals surface area contributed by atoms with Crippen LogP contribution in [0.4, 0.5) is 0 Å². The van der Waals surface area contributed by atoms with Crippen molar-refractivity contribution in [2.75, 3.05) is 0 Å². The number of rotatable bonds is 3. The minimum absolute atomic E-state index is 0.639. The highest BCUT2D eigenvalue weighted by Gasteiger charge is 2.12. The van der Waals surface area contributed by atoms with E-state index >= 15 is 0 Å². The van der Waals surface area contributed by atoms with Crippen molar-refractivity contribution in [3.8, 4) is 12.3 Å². The molecule has 1 N–H and O–H groups in total. The second-order valence-electron chi connectivity index (χ2n) is 3.46. The highest BCUT2D eigenvalue weighted by molar-refractivity contribution is 5.05. The quantitative estimate of drug-likeness (QED) is 0.630. The minimum Gasteiger partial charge on any atom is -0.385 e. The fourth-order valence-electron chi connectivity index (χ4n) is 1.71. The molecule has 1 nitrogen and oxygen atoms in total. The summed E-state index contributed by atoms with van der Waals surface area (Å²) in [6.07, 6.45) is 12.5. The third-order valence-corrected chi connectivity index (χ3v) is 2.33. The van der Waals surface area contributed by atoms with E-state index in [0.29, 0.717) is 12.5 Å². The van der Waals surface area contributed by atoms with Gasteiger partial charge >= 0.3 is 0 Å². The average molecular weight is 163 g/mol. The lowest BCUT2D eigenvalue weighted by Gasteiger charge is -2.24. The Bertz CT molecular complexity index is 182. The van der Waals surface area contributed by atoms with E-state index in [9.17, 15) is 0 Å². The van der Waals surface area contributed by atoms with Crippen molar-refractivity contribution < 1.29 is 0 Å². The van der Waals surface area contributed by atoms with Gasteiger partial charge in [0.1, 0.15) is 0 Å². The molecule has 0 saturated heterocycles. The molecule has 0 bridgehead atoms. The average Bonchev–Trinajstić information content (AvgIpc) is 2.06. The molecule has 66 valence electrons. The molecule has 0 aliphatic heterocycles. The first-order valence-electron chi connectivity index (χ1n) is 4.70. The Balaban J connectivity index is 2.21. The summed E-state index contributed by atoms with van der Waals surface area (Å²) in [6, 6.07) is 0.639. The Morgan fingerprint density at radius 2 is 2.08 bits per heavy atom. The molecule has 1 fully saturated rings. The van der Waals surface area contributed by atoms with Gasteiger partial charge in [0.25, 0.3) is 0 Å². The van der Waals surface area contributed by atoms with Gasteiger partial charge in [-0.2, -0.15) is 0 Å². The van der Waals surface area contributed by atoms with E-state index in [1.807, 2.05) is 0 Å².